The number of halogens is 3. The molecule has 36 heavy (non-hydrogen) atoms. The highest BCUT2D eigenvalue weighted by Crippen LogP contribution is 2.48. The Morgan fingerprint density at radius 2 is 2.00 bits per heavy atom. The molecule has 7 nitrogen and oxygen atoms in total. The van der Waals surface area contributed by atoms with Crippen LogP contribution in [0.2, 0.25) is 10.0 Å². The maximum atomic E-state index is 15.2. The van der Waals surface area contributed by atoms with Gasteiger partial charge in [-0.3, -0.25) is 9.69 Å². The molecule has 2 aliphatic rings. The number of anilines is 2. The van der Waals surface area contributed by atoms with Crippen LogP contribution in [0.3, 0.4) is 0 Å². The predicted molar refractivity (Wildman–Crippen MR) is 139 cm³/mol. The molecule has 1 fully saturated rings. The Balaban J connectivity index is 1.59. The van der Waals surface area contributed by atoms with Crippen molar-refractivity contribution in [3.8, 4) is 11.5 Å². The number of likely N-dealkylation sites (tertiary alicyclic amines) is 1. The van der Waals surface area contributed by atoms with Crippen LogP contribution < -0.4 is 14.4 Å². The fourth-order valence-electron chi connectivity index (χ4n) is 4.70. The predicted octanol–water partition coefficient (Wildman–Crippen LogP) is 6.15. The smallest absolute Gasteiger partial charge is 0.245 e. The Morgan fingerprint density at radius 3 is 2.69 bits per heavy atom. The molecule has 2 aliphatic heterocycles. The lowest BCUT2D eigenvalue weighted by molar-refractivity contribution is -0.127. The lowest BCUT2D eigenvalue weighted by Crippen LogP contribution is -2.41. The maximum absolute atomic E-state index is 15.2. The van der Waals surface area contributed by atoms with Crippen LogP contribution in [0.4, 0.5) is 15.9 Å². The van der Waals surface area contributed by atoms with Crippen molar-refractivity contribution in [1.82, 2.24) is 14.9 Å². The molecule has 1 saturated heterocycles. The van der Waals surface area contributed by atoms with Gasteiger partial charge < -0.3 is 14.4 Å². The summed E-state index contributed by atoms with van der Waals surface area (Å²) in [5.74, 6) is 0.860. The molecule has 2 aromatic carbocycles. The zero-order chi connectivity index (χ0) is 25.6. The van der Waals surface area contributed by atoms with E-state index in [2.05, 4.69) is 16.5 Å². The highest BCUT2D eigenvalue weighted by molar-refractivity contribution is 6.42. The Hall–Kier alpha value is -3.36. The van der Waals surface area contributed by atoms with E-state index in [4.69, 9.17) is 32.7 Å². The minimum atomic E-state index is -0.641. The summed E-state index contributed by atoms with van der Waals surface area (Å²) >= 11 is 12.1. The lowest BCUT2D eigenvalue weighted by Gasteiger charge is -2.34. The number of amides is 1. The summed E-state index contributed by atoms with van der Waals surface area (Å²) in [7, 11) is 1.57. The highest BCUT2D eigenvalue weighted by atomic mass is 35.5. The van der Waals surface area contributed by atoms with E-state index >= 15 is 4.39 Å². The number of hydrogen-bond acceptors (Lipinski definition) is 6. The zero-order valence-corrected chi connectivity index (χ0v) is 21.2. The van der Waals surface area contributed by atoms with Gasteiger partial charge in [-0.05, 0) is 31.2 Å². The molecule has 3 heterocycles. The summed E-state index contributed by atoms with van der Waals surface area (Å²) < 4.78 is 27.4. The van der Waals surface area contributed by atoms with E-state index in [1.165, 1.54) is 12.4 Å². The van der Waals surface area contributed by atoms with E-state index in [1.54, 1.807) is 35.1 Å². The summed E-state index contributed by atoms with van der Waals surface area (Å²) in [5, 5.41) is 0.674. The molecule has 0 aliphatic carbocycles. The van der Waals surface area contributed by atoms with Crippen molar-refractivity contribution < 1.29 is 18.7 Å². The average Bonchev–Trinajstić information content (AvgIpc) is 2.89. The number of carbonyl (C=O) groups is 1. The minimum absolute atomic E-state index is 0.0817. The number of piperidine rings is 1. The van der Waals surface area contributed by atoms with Crippen molar-refractivity contribution in [3.63, 3.8) is 0 Å². The van der Waals surface area contributed by atoms with Gasteiger partial charge in [-0.1, -0.05) is 29.8 Å². The van der Waals surface area contributed by atoms with Gasteiger partial charge in [-0.25, -0.2) is 14.4 Å². The molecule has 5 rings (SSSR count). The largest absolute Gasteiger partial charge is 0.493 e. The van der Waals surface area contributed by atoms with Gasteiger partial charge in [-0.2, -0.15) is 0 Å². The first-order valence-corrected chi connectivity index (χ1v) is 12.1. The topological polar surface area (TPSA) is 67.8 Å². The van der Waals surface area contributed by atoms with Crippen LogP contribution in [0.25, 0.3) is 17.0 Å². The van der Waals surface area contributed by atoms with Gasteiger partial charge in [0.1, 0.15) is 18.2 Å². The summed E-state index contributed by atoms with van der Waals surface area (Å²) in [6, 6.07) is 4.90. The first-order chi connectivity index (χ1) is 17.3. The normalized spacial score (nSPS) is 15.6. The summed E-state index contributed by atoms with van der Waals surface area (Å²) in [5.41, 5.74) is 2.30. The Labute approximate surface area is 217 Å². The van der Waals surface area contributed by atoms with E-state index < -0.39 is 5.82 Å². The third kappa shape index (κ3) is 4.04. The van der Waals surface area contributed by atoms with Crippen LogP contribution in [0.5, 0.6) is 11.5 Å². The standard InChI is InChI=1S/C26H23Cl2FN4O3/c1-4-21(34)32-9-7-15(8-10-32)36-25-16-11-14(2)33(19-6-5-17(27)23(28)24(19)29)26-22(16)18(30-13-31-26)12-20(25)35-3/h4-6,11-13,15H,1,7-10H2,2-3H3. The zero-order valence-electron chi connectivity index (χ0n) is 19.7. The lowest BCUT2D eigenvalue weighted by atomic mass is 10.00. The van der Waals surface area contributed by atoms with Crippen LogP contribution in [0.1, 0.15) is 25.3 Å². The number of hydrogen-bond donors (Lipinski definition) is 0. The van der Waals surface area contributed by atoms with Crippen molar-refractivity contribution >= 4 is 57.6 Å². The molecule has 186 valence electrons. The van der Waals surface area contributed by atoms with Crippen molar-refractivity contribution in [2.24, 2.45) is 0 Å². The first kappa shape index (κ1) is 24.3. The number of nitrogens with zero attached hydrogens (tertiary/aromatic N) is 4. The van der Waals surface area contributed by atoms with E-state index in [9.17, 15) is 4.79 Å². The molecular formula is C26H23Cl2FN4O3. The molecule has 3 aromatic rings. The van der Waals surface area contributed by atoms with Crippen molar-refractivity contribution in [2.75, 3.05) is 25.1 Å². The van der Waals surface area contributed by atoms with Crippen LogP contribution in [-0.2, 0) is 4.79 Å². The number of carbonyl (C=O) groups excluding carboxylic acids is 1. The second kappa shape index (κ2) is 9.59. The second-order valence-corrected chi connectivity index (χ2v) is 9.36. The summed E-state index contributed by atoms with van der Waals surface area (Å²) in [6.07, 6.45) is 5.87. The third-order valence-electron chi connectivity index (χ3n) is 6.47. The van der Waals surface area contributed by atoms with Gasteiger partial charge in [0.05, 0.1) is 33.7 Å². The molecule has 0 N–H and O–H groups in total. The number of aromatic nitrogens is 2. The molecule has 0 radical (unpaired) electrons. The highest BCUT2D eigenvalue weighted by Gasteiger charge is 2.31. The van der Waals surface area contributed by atoms with E-state index in [0.29, 0.717) is 59.8 Å². The first-order valence-electron chi connectivity index (χ1n) is 11.4. The Kier molecular flexibility index (Phi) is 6.49. The minimum Gasteiger partial charge on any atom is -0.493 e. The Morgan fingerprint density at radius 1 is 1.25 bits per heavy atom. The van der Waals surface area contributed by atoms with Crippen LogP contribution in [-0.4, -0.2) is 47.1 Å². The van der Waals surface area contributed by atoms with Gasteiger partial charge in [0, 0.05) is 43.3 Å². The second-order valence-electron chi connectivity index (χ2n) is 8.58. The Bertz CT molecular complexity index is 1420. The number of methoxy groups -OCH3 is 1. The monoisotopic (exact) mass is 528 g/mol. The maximum Gasteiger partial charge on any atom is 0.245 e. The van der Waals surface area contributed by atoms with E-state index in [-0.39, 0.29) is 27.7 Å². The van der Waals surface area contributed by atoms with Crippen LogP contribution in [0, 0.1) is 5.82 Å². The summed E-state index contributed by atoms with van der Waals surface area (Å²) in [6.45, 7) is 6.57. The van der Waals surface area contributed by atoms with Gasteiger partial charge in [0.2, 0.25) is 5.91 Å². The van der Waals surface area contributed by atoms with Crippen LogP contribution >= 0.6 is 23.2 Å². The quantitative estimate of drug-likeness (QED) is 0.292. The molecule has 0 saturated carbocycles. The van der Waals surface area contributed by atoms with Gasteiger partial charge in [0.25, 0.3) is 0 Å². The fourth-order valence-corrected chi connectivity index (χ4v) is 5.00. The number of allylic oxidation sites excluding steroid dienone is 1. The number of rotatable bonds is 5. The van der Waals surface area contributed by atoms with Gasteiger partial charge in [-0.15, -0.1) is 0 Å². The molecule has 10 heteroatoms. The van der Waals surface area contributed by atoms with Crippen molar-refractivity contribution in [1.29, 1.82) is 0 Å². The van der Waals surface area contributed by atoms with E-state index in [1.807, 2.05) is 13.0 Å². The van der Waals surface area contributed by atoms with Gasteiger partial charge >= 0.3 is 0 Å². The van der Waals surface area contributed by atoms with E-state index in [0.717, 1.165) is 5.56 Å². The molecule has 0 atom stereocenters. The molecule has 1 amide bonds. The van der Waals surface area contributed by atoms with Crippen molar-refractivity contribution in [2.45, 2.75) is 25.9 Å². The molecule has 0 bridgehead atoms. The molecule has 0 unspecified atom stereocenters. The summed E-state index contributed by atoms with van der Waals surface area (Å²) in [4.78, 5) is 24.3. The molecule has 1 aromatic heterocycles. The average molecular weight is 529 g/mol. The van der Waals surface area contributed by atoms with Crippen LogP contribution in [0.15, 0.2) is 42.9 Å². The number of benzene rings is 2. The SMILES string of the molecule is C=CC(=O)N1CCC(Oc2c(OC)cc3ncnc4c3c2C=C(C)N4c2ccc(Cl)c(Cl)c2F)CC1. The molecular weight excluding hydrogens is 506 g/mol. The van der Waals surface area contributed by atoms with Gasteiger partial charge in [0.15, 0.2) is 17.3 Å². The van der Waals surface area contributed by atoms with Crippen molar-refractivity contribution in [3.05, 3.63) is 64.3 Å². The number of ether oxygens (including phenoxy) is 2. The third-order valence-corrected chi connectivity index (χ3v) is 7.25. The molecule has 0 spiro atoms. The fraction of sp³-hybridized carbons (Fsp3) is 0.269.